The van der Waals surface area contributed by atoms with E-state index in [4.69, 9.17) is 11.5 Å². The van der Waals surface area contributed by atoms with E-state index in [9.17, 15) is 9.90 Å². The lowest BCUT2D eigenvalue weighted by Crippen LogP contribution is -2.38. The average molecular weight is 190 g/mol. The highest BCUT2D eigenvalue weighted by atomic mass is 16.5. The molecule has 0 spiro atoms. The summed E-state index contributed by atoms with van der Waals surface area (Å²) in [7, 11) is 1.30. The Hall–Kier alpha value is -0.650. The number of rotatable bonds is 5. The van der Waals surface area contributed by atoms with Crippen LogP contribution in [-0.2, 0) is 9.53 Å². The Labute approximate surface area is 78.0 Å². The molecule has 5 nitrogen and oxygen atoms in total. The summed E-state index contributed by atoms with van der Waals surface area (Å²) in [5, 5.41) is 9.33. The molecule has 0 rings (SSSR count). The highest BCUT2D eigenvalue weighted by Gasteiger charge is 2.16. The number of aliphatic hydroxyl groups excluding tert-OH is 1. The maximum atomic E-state index is 10.8. The summed E-state index contributed by atoms with van der Waals surface area (Å²) in [6.45, 7) is 1.69. The van der Waals surface area contributed by atoms with E-state index >= 15 is 0 Å². The summed E-state index contributed by atoms with van der Waals surface area (Å²) in [6, 6.07) is -0.725. The molecule has 0 saturated heterocycles. The smallest absolute Gasteiger partial charge is 0.307 e. The van der Waals surface area contributed by atoms with Crippen LogP contribution < -0.4 is 11.5 Å². The Morgan fingerprint density at radius 3 is 2.46 bits per heavy atom. The molecule has 5 N–H and O–H groups in total. The van der Waals surface area contributed by atoms with Crippen molar-refractivity contribution in [2.24, 2.45) is 11.5 Å². The van der Waals surface area contributed by atoms with Crippen molar-refractivity contribution in [2.45, 2.75) is 38.0 Å². The molecule has 0 aromatic carbocycles. The van der Waals surface area contributed by atoms with Crippen LogP contribution >= 0.6 is 0 Å². The van der Waals surface area contributed by atoms with Crippen LogP contribution in [0, 0.1) is 0 Å². The quantitative estimate of drug-likeness (QED) is 0.482. The van der Waals surface area contributed by atoms with Crippen LogP contribution in [0.1, 0.15) is 19.8 Å². The van der Waals surface area contributed by atoms with Crippen molar-refractivity contribution in [3.8, 4) is 0 Å². The normalized spacial score (nSPS) is 17.6. The first-order valence-electron chi connectivity index (χ1n) is 4.23. The number of aliphatic hydroxyl groups is 1. The molecule has 0 aromatic heterocycles. The summed E-state index contributed by atoms with van der Waals surface area (Å²) in [5.74, 6) is -0.371. The molecule has 78 valence electrons. The van der Waals surface area contributed by atoms with Crippen LogP contribution in [-0.4, -0.2) is 36.4 Å². The predicted molar refractivity (Wildman–Crippen MR) is 48.9 cm³/mol. The zero-order valence-electron chi connectivity index (χ0n) is 8.06. The van der Waals surface area contributed by atoms with Crippen molar-refractivity contribution in [2.75, 3.05) is 7.11 Å². The van der Waals surface area contributed by atoms with Gasteiger partial charge in [0, 0.05) is 12.1 Å². The van der Waals surface area contributed by atoms with Gasteiger partial charge in [-0.2, -0.15) is 0 Å². The van der Waals surface area contributed by atoms with Crippen LogP contribution in [0.25, 0.3) is 0 Å². The highest BCUT2D eigenvalue weighted by molar-refractivity contribution is 5.69. The Bertz CT molecular complexity index is 161. The van der Waals surface area contributed by atoms with Crippen molar-refractivity contribution in [1.29, 1.82) is 0 Å². The molecule has 0 amide bonds. The van der Waals surface area contributed by atoms with Crippen molar-refractivity contribution in [3.05, 3.63) is 0 Å². The fraction of sp³-hybridized carbons (Fsp3) is 0.875. The second kappa shape index (κ2) is 5.90. The number of carbonyl (C=O) groups is 1. The molecule has 3 atom stereocenters. The van der Waals surface area contributed by atoms with Crippen molar-refractivity contribution >= 4 is 5.97 Å². The predicted octanol–water partition coefficient (Wildman–Crippen LogP) is -1.02. The van der Waals surface area contributed by atoms with Crippen LogP contribution in [0.3, 0.4) is 0 Å². The van der Waals surface area contributed by atoms with Gasteiger partial charge in [-0.05, 0) is 13.3 Å². The van der Waals surface area contributed by atoms with Gasteiger partial charge in [0.05, 0.1) is 19.6 Å². The first-order chi connectivity index (χ1) is 5.97. The minimum absolute atomic E-state index is 0.111. The lowest BCUT2D eigenvalue weighted by molar-refractivity contribution is -0.141. The third-order valence-electron chi connectivity index (χ3n) is 1.81. The molecule has 0 unspecified atom stereocenters. The number of ether oxygens (including phenoxy) is 1. The van der Waals surface area contributed by atoms with Gasteiger partial charge in [-0.3, -0.25) is 4.79 Å². The van der Waals surface area contributed by atoms with Crippen molar-refractivity contribution in [1.82, 2.24) is 0 Å². The van der Waals surface area contributed by atoms with E-state index in [1.807, 2.05) is 0 Å². The molecule has 0 aliphatic heterocycles. The van der Waals surface area contributed by atoms with Gasteiger partial charge in [-0.25, -0.2) is 0 Å². The largest absolute Gasteiger partial charge is 0.469 e. The number of hydrogen-bond donors (Lipinski definition) is 3. The molecule has 0 aliphatic rings. The second-order valence-corrected chi connectivity index (χ2v) is 3.20. The van der Waals surface area contributed by atoms with Gasteiger partial charge in [0.2, 0.25) is 0 Å². The van der Waals surface area contributed by atoms with E-state index in [0.717, 1.165) is 0 Å². The summed E-state index contributed by atoms with van der Waals surface area (Å²) < 4.78 is 4.43. The number of carbonyl (C=O) groups excluding carboxylic acids is 1. The number of nitrogens with two attached hydrogens (primary N) is 2. The SMILES string of the molecule is COC(=O)C[C@H](N)C[C@@H](O)[C@@H](C)N. The Morgan fingerprint density at radius 1 is 1.54 bits per heavy atom. The summed E-state index contributed by atoms with van der Waals surface area (Å²) in [4.78, 5) is 10.8. The van der Waals surface area contributed by atoms with E-state index in [0.29, 0.717) is 6.42 Å². The zero-order valence-corrected chi connectivity index (χ0v) is 8.06. The Kier molecular flexibility index (Phi) is 5.61. The maximum Gasteiger partial charge on any atom is 0.307 e. The monoisotopic (exact) mass is 190 g/mol. The molecule has 0 saturated carbocycles. The maximum absolute atomic E-state index is 10.8. The fourth-order valence-corrected chi connectivity index (χ4v) is 0.906. The molecule has 0 fully saturated rings. The summed E-state index contributed by atoms with van der Waals surface area (Å²) >= 11 is 0. The highest BCUT2D eigenvalue weighted by Crippen LogP contribution is 2.03. The van der Waals surface area contributed by atoms with Crippen LogP contribution in [0.4, 0.5) is 0 Å². The third-order valence-corrected chi connectivity index (χ3v) is 1.81. The van der Waals surface area contributed by atoms with Gasteiger partial charge in [0.25, 0.3) is 0 Å². The molecule has 0 aliphatic carbocycles. The third kappa shape index (κ3) is 5.57. The summed E-state index contributed by atoms with van der Waals surface area (Å²) in [6.07, 6.45) is -0.243. The molecular formula is C8H18N2O3. The zero-order chi connectivity index (χ0) is 10.4. The second-order valence-electron chi connectivity index (χ2n) is 3.20. The van der Waals surface area contributed by atoms with Gasteiger partial charge < -0.3 is 21.3 Å². The number of hydrogen-bond acceptors (Lipinski definition) is 5. The molecule has 0 heterocycles. The van der Waals surface area contributed by atoms with Gasteiger partial charge >= 0.3 is 5.97 Å². The number of esters is 1. The standard InChI is InChI=1S/C8H18N2O3/c1-5(9)7(11)3-6(10)4-8(12)13-2/h5-7,11H,3-4,9-10H2,1-2H3/t5-,6-,7-/m1/s1. The van der Waals surface area contributed by atoms with E-state index in [1.54, 1.807) is 6.92 Å². The van der Waals surface area contributed by atoms with Gasteiger partial charge in [-0.15, -0.1) is 0 Å². The lowest BCUT2D eigenvalue weighted by atomic mass is 10.0. The van der Waals surface area contributed by atoms with Crippen LogP contribution in [0.15, 0.2) is 0 Å². The molecule has 0 aromatic rings. The van der Waals surface area contributed by atoms with Crippen LogP contribution in [0.5, 0.6) is 0 Å². The first-order valence-corrected chi connectivity index (χ1v) is 4.23. The van der Waals surface area contributed by atoms with Gasteiger partial charge in [0.1, 0.15) is 0 Å². The molecular weight excluding hydrogens is 172 g/mol. The molecule has 0 bridgehead atoms. The summed E-state index contributed by atoms with van der Waals surface area (Å²) in [5.41, 5.74) is 11.0. The Morgan fingerprint density at radius 2 is 2.08 bits per heavy atom. The van der Waals surface area contributed by atoms with E-state index in [-0.39, 0.29) is 18.4 Å². The minimum atomic E-state index is -0.667. The topological polar surface area (TPSA) is 98.6 Å². The molecule has 0 radical (unpaired) electrons. The fourth-order valence-electron chi connectivity index (χ4n) is 0.906. The molecule has 5 heteroatoms. The van der Waals surface area contributed by atoms with Crippen LogP contribution in [0.2, 0.25) is 0 Å². The Balaban J connectivity index is 3.73. The number of methoxy groups -OCH3 is 1. The van der Waals surface area contributed by atoms with Gasteiger partial charge in [-0.1, -0.05) is 0 Å². The van der Waals surface area contributed by atoms with E-state index in [1.165, 1.54) is 7.11 Å². The average Bonchev–Trinajstić information content (AvgIpc) is 2.03. The van der Waals surface area contributed by atoms with E-state index < -0.39 is 12.1 Å². The van der Waals surface area contributed by atoms with Crippen molar-refractivity contribution < 1.29 is 14.6 Å². The lowest BCUT2D eigenvalue weighted by Gasteiger charge is -2.18. The van der Waals surface area contributed by atoms with E-state index in [2.05, 4.69) is 4.74 Å². The first kappa shape index (κ1) is 12.3. The van der Waals surface area contributed by atoms with Crippen molar-refractivity contribution in [3.63, 3.8) is 0 Å². The minimum Gasteiger partial charge on any atom is -0.469 e. The van der Waals surface area contributed by atoms with Gasteiger partial charge in [0.15, 0.2) is 0 Å². The molecule has 13 heavy (non-hydrogen) atoms.